The molecule has 0 aliphatic carbocycles. The number of rotatable bonds is 0. The van der Waals surface area contributed by atoms with Crippen molar-refractivity contribution in [2.24, 2.45) is 7.05 Å². The normalized spacial score (nSPS) is 11.9. The quantitative estimate of drug-likeness (QED) is 0.311. The zero-order valence-electron chi connectivity index (χ0n) is 12.1. The molecule has 3 heteroatoms. The van der Waals surface area contributed by atoms with Crippen LogP contribution in [0.3, 0.4) is 0 Å². The molecule has 0 unspecified atom stereocenters. The van der Waals surface area contributed by atoms with Crippen LogP contribution in [0.1, 0.15) is 0 Å². The summed E-state index contributed by atoms with van der Waals surface area (Å²) in [4.78, 5) is 8.88. The maximum atomic E-state index is 4.63. The summed E-state index contributed by atoms with van der Waals surface area (Å²) < 4.78 is 2.17. The molecule has 0 fully saturated rings. The van der Waals surface area contributed by atoms with Crippen LogP contribution in [0.25, 0.3) is 43.4 Å². The number of aromatic nitrogens is 3. The predicted molar refractivity (Wildman–Crippen MR) is 91.0 cm³/mol. The molecular weight excluding hydrogens is 270 g/mol. The summed E-state index contributed by atoms with van der Waals surface area (Å²) in [7, 11) is 2.09. The van der Waals surface area contributed by atoms with Crippen molar-refractivity contribution in [3.8, 4) is 0 Å². The molecule has 0 radical (unpaired) electrons. The van der Waals surface area contributed by atoms with Gasteiger partial charge in [0.05, 0.1) is 11.0 Å². The molecule has 2 aromatic carbocycles. The lowest BCUT2D eigenvalue weighted by molar-refractivity contribution is 0.973. The number of nitrogens with zero attached hydrogens (tertiary/aromatic N) is 3. The molecule has 0 aliphatic rings. The SMILES string of the molecule is Cn1ccc2c3ncccc3c3cc4ccncc4cc3c21. The molecule has 5 aromatic rings. The highest BCUT2D eigenvalue weighted by atomic mass is 14.9. The molecule has 0 saturated carbocycles. The second-order valence-electron chi connectivity index (χ2n) is 5.71. The van der Waals surface area contributed by atoms with Gasteiger partial charge < -0.3 is 4.57 Å². The van der Waals surface area contributed by atoms with Crippen LogP contribution >= 0.6 is 0 Å². The molecule has 22 heavy (non-hydrogen) atoms. The zero-order valence-corrected chi connectivity index (χ0v) is 12.1. The molecule has 0 saturated heterocycles. The van der Waals surface area contributed by atoms with E-state index in [0.29, 0.717) is 0 Å². The molecule has 0 bridgehead atoms. The zero-order chi connectivity index (χ0) is 14.7. The van der Waals surface area contributed by atoms with Crippen LogP contribution in [-0.2, 0) is 7.05 Å². The molecule has 3 nitrogen and oxygen atoms in total. The number of pyridine rings is 2. The summed E-state index contributed by atoms with van der Waals surface area (Å²) in [5.74, 6) is 0. The summed E-state index contributed by atoms with van der Waals surface area (Å²) in [6.45, 7) is 0. The van der Waals surface area contributed by atoms with Crippen molar-refractivity contribution in [2.45, 2.75) is 0 Å². The lowest BCUT2D eigenvalue weighted by Crippen LogP contribution is -1.89. The minimum atomic E-state index is 1.07. The van der Waals surface area contributed by atoms with Gasteiger partial charge in [0.1, 0.15) is 0 Å². The van der Waals surface area contributed by atoms with E-state index in [9.17, 15) is 0 Å². The van der Waals surface area contributed by atoms with E-state index in [2.05, 4.69) is 58.1 Å². The Morgan fingerprint density at radius 3 is 2.73 bits per heavy atom. The van der Waals surface area contributed by atoms with E-state index in [-0.39, 0.29) is 0 Å². The Morgan fingerprint density at radius 2 is 1.77 bits per heavy atom. The van der Waals surface area contributed by atoms with Crippen molar-refractivity contribution in [2.75, 3.05) is 0 Å². The van der Waals surface area contributed by atoms with Gasteiger partial charge in [0.15, 0.2) is 0 Å². The fraction of sp³-hybridized carbons (Fsp3) is 0.0526. The first-order valence-electron chi connectivity index (χ1n) is 7.32. The molecule has 0 aliphatic heterocycles. The minimum Gasteiger partial charge on any atom is -0.350 e. The fourth-order valence-electron chi connectivity index (χ4n) is 3.45. The van der Waals surface area contributed by atoms with Crippen LogP contribution in [0.5, 0.6) is 0 Å². The molecule has 0 atom stereocenters. The van der Waals surface area contributed by atoms with E-state index >= 15 is 0 Å². The van der Waals surface area contributed by atoms with E-state index in [0.717, 1.165) is 5.52 Å². The Bertz CT molecular complexity index is 1190. The van der Waals surface area contributed by atoms with Crippen molar-refractivity contribution in [1.82, 2.24) is 14.5 Å². The number of benzene rings is 2. The Kier molecular flexibility index (Phi) is 2.15. The Morgan fingerprint density at radius 1 is 0.864 bits per heavy atom. The third kappa shape index (κ3) is 1.40. The van der Waals surface area contributed by atoms with E-state index in [1.165, 1.54) is 37.8 Å². The Balaban J connectivity index is 2.19. The van der Waals surface area contributed by atoms with Gasteiger partial charge in [-0.25, -0.2) is 0 Å². The van der Waals surface area contributed by atoms with Crippen molar-refractivity contribution < 1.29 is 0 Å². The van der Waals surface area contributed by atoms with Gasteiger partial charge in [-0.3, -0.25) is 9.97 Å². The average molecular weight is 283 g/mol. The molecule has 3 aromatic heterocycles. The largest absolute Gasteiger partial charge is 0.350 e. The van der Waals surface area contributed by atoms with Gasteiger partial charge in [-0.05, 0) is 41.1 Å². The van der Waals surface area contributed by atoms with Crippen molar-refractivity contribution in [3.05, 3.63) is 61.2 Å². The molecule has 5 rings (SSSR count). The van der Waals surface area contributed by atoms with Gasteiger partial charge in [0.25, 0.3) is 0 Å². The molecular formula is C19H13N3. The van der Waals surface area contributed by atoms with Gasteiger partial charge >= 0.3 is 0 Å². The second-order valence-corrected chi connectivity index (χ2v) is 5.71. The number of aryl methyl sites for hydroxylation is 1. The Hall–Kier alpha value is -2.94. The van der Waals surface area contributed by atoms with E-state index in [1.807, 2.05) is 24.7 Å². The van der Waals surface area contributed by atoms with Gasteiger partial charge in [0.2, 0.25) is 0 Å². The average Bonchev–Trinajstić information content (AvgIpc) is 2.96. The van der Waals surface area contributed by atoms with Gasteiger partial charge in [-0.15, -0.1) is 0 Å². The van der Waals surface area contributed by atoms with Crippen LogP contribution in [0, 0.1) is 0 Å². The van der Waals surface area contributed by atoms with E-state index < -0.39 is 0 Å². The van der Waals surface area contributed by atoms with Crippen molar-refractivity contribution in [3.63, 3.8) is 0 Å². The molecule has 3 heterocycles. The lowest BCUT2D eigenvalue weighted by Gasteiger charge is -2.09. The highest BCUT2D eigenvalue weighted by Crippen LogP contribution is 2.36. The third-order valence-electron chi connectivity index (χ3n) is 4.46. The summed E-state index contributed by atoms with van der Waals surface area (Å²) in [6.07, 6.45) is 7.74. The summed E-state index contributed by atoms with van der Waals surface area (Å²) in [5.41, 5.74) is 2.30. The maximum Gasteiger partial charge on any atom is 0.0802 e. The van der Waals surface area contributed by atoms with Crippen LogP contribution < -0.4 is 0 Å². The monoisotopic (exact) mass is 283 g/mol. The maximum absolute atomic E-state index is 4.63. The number of fused-ring (bicyclic) bond motifs is 7. The van der Waals surface area contributed by atoms with Gasteiger partial charge in [-0.2, -0.15) is 0 Å². The predicted octanol–water partition coefficient (Wildman–Crippen LogP) is 4.43. The molecule has 104 valence electrons. The first-order valence-corrected chi connectivity index (χ1v) is 7.32. The van der Waals surface area contributed by atoms with E-state index in [1.54, 1.807) is 0 Å². The lowest BCUT2D eigenvalue weighted by atomic mass is 9.98. The highest BCUT2D eigenvalue weighted by Gasteiger charge is 2.12. The molecule has 0 N–H and O–H groups in total. The first kappa shape index (κ1) is 11.7. The number of hydrogen-bond donors (Lipinski definition) is 0. The van der Waals surface area contributed by atoms with Crippen LogP contribution in [-0.4, -0.2) is 14.5 Å². The van der Waals surface area contributed by atoms with Crippen LogP contribution in [0.4, 0.5) is 0 Å². The summed E-state index contributed by atoms with van der Waals surface area (Å²) in [5, 5.41) is 7.28. The van der Waals surface area contributed by atoms with Gasteiger partial charge in [-0.1, -0.05) is 6.07 Å². The summed E-state index contributed by atoms with van der Waals surface area (Å²) in [6, 6.07) is 12.9. The second kappa shape index (κ2) is 4.04. The molecule has 0 spiro atoms. The molecule has 0 amide bonds. The first-order chi connectivity index (χ1) is 10.8. The fourth-order valence-corrected chi connectivity index (χ4v) is 3.45. The smallest absolute Gasteiger partial charge is 0.0802 e. The Labute approximate surface area is 126 Å². The van der Waals surface area contributed by atoms with Crippen LogP contribution in [0.2, 0.25) is 0 Å². The van der Waals surface area contributed by atoms with Crippen LogP contribution in [0.15, 0.2) is 61.2 Å². The van der Waals surface area contributed by atoms with Crippen molar-refractivity contribution >= 4 is 43.4 Å². The van der Waals surface area contributed by atoms with E-state index in [4.69, 9.17) is 0 Å². The van der Waals surface area contributed by atoms with Crippen molar-refractivity contribution in [1.29, 1.82) is 0 Å². The minimum absolute atomic E-state index is 1.07. The third-order valence-corrected chi connectivity index (χ3v) is 4.46. The highest BCUT2D eigenvalue weighted by molar-refractivity contribution is 6.25. The standard InChI is InChI=1S/C19H13N3/c1-22-8-5-15-18-14(3-2-6-21-18)16-9-12-4-7-20-11-13(12)10-17(16)19(15)22/h2-11H,1H3. The summed E-state index contributed by atoms with van der Waals surface area (Å²) >= 11 is 0. The van der Waals surface area contributed by atoms with Gasteiger partial charge in [0, 0.05) is 53.4 Å². The number of hydrogen-bond acceptors (Lipinski definition) is 2. The topological polar surface area (TPSA) is 30.7 Å².